The van der Waals surface area contributed by atoms with Crippen LogP contribution in [0.15, 0.2) is 0 Å². The van der Waals surface area contributed by atoms with Crippen molar-refractivity contribution in [1.29, 1.82) is 0 Å². The van der Waals surface area contributed by atoms with E-state index in [9.17, 15) is 9.90 Å². The number of carbonyl (C=O) groups excluding carboxylic acids is 1. The number of ether oxygens (including phenoxy) is 1. The molecule has 1 heterocycles. The summed E-state index contributed by atoms with van der Waals surface area (Å²) in [6.07, 6.45) is 2.31. The highest BCUT2D eigenvalue weighted by Gasteiger charge is 2.22. The second-order valence-electron chi connectivity index (χ2n) is 5.56. The number of amides is 1. The Hall–Kier alpha value is -0.650. The molecule has 1 aliphatic rings. The zero-order valence-corrected chi connectivity index (χ0v) is 12.4. The van der Waals surface area contributed by atoms with Gasteiger partial charge in [0.2, 0.25) is 5.91 Å². The highest BCUT2D eigenvalue weighted by molar-refractivity contribution is 5.75. The molecule has 0 spiro atoms. The van der Waals surface area contributed by atoms with E-state index in [2.05, 4.69) is 10.2 Å². The Balaban J connectivity index is 2.28. The van der Waals surface area contributed by atoms with Crippen molar-refractivity contribution >= 4 is 5.91 Å². The largest absolute Gasteiger partial charge is 0.389 e. The van der Waals surface area contributed by atoms with E-state index >= 15 is 0 Å². The number of nitrogens with one attached hydrogen (secondary N) is 1. The van der Waals surface area contributed by atoms with Crippen molar-refractivity contribution in [3.05, 3.63) is 0 Å². The molecule has 0 aromatic carbocycles. The van der Waals surface area contributed by atoms with Gasteiger partial charge in [-0.05, 0) is 33.2 Å². The van der Waals surface area contributed by atoms with Crippen LogP contribution in [0.5, 0.6) is 0 Å². The van der Waals surface area contributed by atoms with Crippen molar-refractivity contribution in [3.8, 4) is 0 Å². The quantitative estimate of drug-likeness (QED) is 0.718. The molecule has 1 amide bonds. The molecule has 1 rings (SSSR count). The van der Waals surface area contributed by atoms with Gasteiger partial charge in [-0.25, -0.2) is 0 Å². The Bertz CT molecular complexity index is 271. The van der Waals surface area contributed by atoms with Gasteiger partial charge in [-0.1, -0.05) is 6.92 Å². The van der Waals surface area contributed by atoms with Crippen LogP contribution in [0.4, 0.5) is 0 Å². The van der Waals surface area contributed by atoms with Crippen molar-refractivity contribution in [3.63, 3.8) is 0 Å². The van der Waals surface area contributed by atoms with Gasteiger partial charge in [0, 0.05) is 25.6 Å². The van der Waals surface area contributed by atoms with Crippen LogP contribution in [0.25, 0.3) is 0 Å². The number of aliphatic hydroxyl groups excluding tert-OH is 1. The summed E-state index contributed by atoms with van der Waals surface area (Å²) in [5, 5.41) is 12.9. The molecule has 2 unspecified atom stereocenters. The summed E-state index contributed by atoms with van der Waals surface area (Å²) in [6.45, 7) is 8.59. The predicted molar refractivity (Wildman–Crippen MR) is 75.0 cm³/mol. The van der Waals surface area contributed by atoms with E-state index in [4.69, 9.17) is 4.74 Å². The number of nitrogens with zero attached hydrogens (tertiary/aromatic N) is 1. The molecule has 19 heavy (non-hydrogen) atoms. The zero-order valence-electron chi connectivity index (χ0n) is 12.4. The minimum Gasteiger partial charge on any atom is -0.389 e. The third-order valence-corrected chi connectivity index (χ3v) is 3.28. The molecule has 0 aromatic rings. The zero-order chi connectivity index (χ0) is 14.3. The molecular formula is C14H28N2O3. The van der Waals surface area contributed by atoms with E-state index in [-0.39, 0.29) is 18.1 Å². The number of hydrogen-bond acceptors (Lipinski definition) is 4. The smallest absolute Gasteiger partial charge is 0.219 e. The Kier molecular flexibility index (Phi) is 7.34. The molecule has 5 nitrogen and oxygen atoms in total. The average Bonchev–Trinajstić information content (AvgIpc) is 2.36. The monoisotopic (exact) mass is 272 g/mol. The predicted octanol–water partition coefficient (Wildman–Crippen LogP) is 0.763. The molecule has 0 aromatic heterocycles. The SMILES string of the molecule is CCC(=O)NC1CCCN(CC(O)COC(C)C)C1. The normalized spacial score (nSPS) is 22.5. The Morgan fingerprint density at radius 2 is 2.26 bits per heavy atom. The van der Waals surface area contributed by atoms with Gasteiger partial charge in [-0.3, -0.25) is 9.69 Å². The van der Waals surface area contributed by atoms with Crippen LogP contribution in [0, 0.1) is 0 Å². The summed E-state index contributed by atoms with van der Waals surface area (Å²) in [5.41, 5.74) is 0. The lowest BCUT2D eigenvalue weighted by Crippen LogP contribution is -2.49. The average molecular weight is 272 g/mol. The van der Waals surface area contributed by atoms with E-state index in [0.29, 0.717) is 19.6 Å². The summed E-state index contributed by atoms with van der Waals surface area (Å²) >= 11 is 0. The van der Waals surface area contributed by atoms with Crippen molar-refractivity contribution in [2.24, 2.45) is 0 Å². The van der Waals surface area contributed by atoms with Gasteiger partial charge < -0.3 is 15.2 Å². The lowest BCUT2D eigenvalue weighted by atomic mass is 10.1. The molecule has 0 bridgehead atoms. The van der Waals surface area contributed by atoms with Crippen LogP contribution in [0.3, 0.4) is 0 Å². The van der Waals surface area contributed by atoms with Gasteiger partial charge in [-0.2, -0.15) is 0 Å². The topological polar surface area (TPSA) is 61.8 Å². The van der Waals surface area contributed by atoms with Crippen LogP contribution in [0.2, 0.25) is 0 Å². The molecular weight excluding hydrogens is 244 g/mol. The minimum atomic E-state index is -0.456. The number of carbonyl (C=O) groups is 1. The van der Waals surface area contributed by atoms with E-state index in [1.165, 1.54) is 0 Å². The molecule has 2 N–H and O–H groups in total. The molecule has 1 saturated heterocycles. The Morgan fingerprint density at radius 3 is 2.89 bits per heavy atom. The minimum absolute atomic E-state index is 0.107. The molecule has 1 fully saturated rings. The molecule has 1 aliphatic heterocycles. The molecule has 0 saturated carbocycles. The molecule has 0 aliphatic carbocycles. The Morgan fingerprint density at radius 1 is 1.53 bits per heavy atom. The highest BCUT2D eigenvalue weighted by Crippen LogP contribution is 2.11. The first-order chi connectivity index (χ1) is 9.01. The first kappa shape index (κ1) is 16.4. The van der Waals surface area contributed by atoms with Gasteiger partial charge in [0.05, 0.1) is 18.8 Å². The summed E-state index contributed by atoms with van der Waals surface area (Å²) in [5.74, 6) is 0.107. The number of likely N-dealkylation sites (tertiary alicyclic amines) is 1. The third-order valence-electron chi connectivity index (χ3n) is 3.28. The highest BCUT2D eigenvalue weighted by atomic mass is 16.5. The van der Waals surface area contributed by atoms with E-state index in [1.54, 1.807) is 0 Å². The lowest BCUT2D eigenvalue weighted by Gasteiger charge is -2.34. The summed E-state index contributed by atoms with van der Waals surface area (Å²) < 4.78 is 5.41. The molecule has 2 atom stereocenters. The third kappa shape index (κ3) is 6.89. The fraction of sp³-hybridized carbons (Fsp3) is 0.929. The maximum absolute atomic E-state index is 11.4. The van der Waals surface area contributed by atoms with Crippen LogP contribution >= 0.6 is 0 Å². The summed E-state index contributed by atoms with van der Waals surface area (Å²) in [6, 6.07) is 0.222. The number of β-amino-alcohol motifs (C(OH)–C–C–N with tert-alkyl or cyclic N) is 1. The molecule has 0 radical (unpaired) electrons. The summed E-state index contributed by atoms with van der Waals surface area (Å²) in [4.78, 5) is 13.6. The van der Waals surface area contributed by atoms with Crippen LogP contribution < -0.4 is 5.32 Å². The first-order valence-electron chi connectivity index (χ1n) is 7.32. The van der Waals surface area contributed by atoms with Crippen molar-refractivity contribution < 1.29 is 14.6 Å². The number of piperidine rings is 1. The molecule has 5 heteroatoms. The van der Waals surface area contributed by atoms with Gasteiger partial charge >= 0.3 is 0 Å². The second-order valence-corrected chi connectivity index (χ2v) is 5.56. The Labute approximate surface area is 116 Å². The van der Waals surface area contributed by atoms with E-state index in [0.717, 1.165) is 25.9 Å². The standard InChI is InChI=1S/C14H28N2O3/c1-4-14(18)15-12-6-5-7-16(8-12)9-13(17)10-19-11(2)3/h11-13,17H,4-10H2,1-3H3,(H,15,18). The maximum atomic E-state index is 11.4. The molecule has 112 valence electrons. The van der Waals surface area contributed by atoms with Crippen LogP contribution in [-0.2, 0) is 9.53 Å². The van der Waals surface area contributed by atoms with Gasteiger partial charge in [-0.15, -0.1) is 0 Å². The van der Waals surface area contributed by atoms with E-state index < -0.39 is 6.10 Å². The van der Waals surface area contributed by atoms with Crippen molar-refractivity contribution in [1.82, 2.24) is 10.2 Å². The van der Waals surface area contributed by atoms with Gasteiger partial charge in [0.1, 0.15) is 0 Å². The van der Waals surface area contributed by atoms with Crippen molar-refractivity contribution in [2.45, 2.75) is 58.3 Å². The summed E-state index contributed by atoms with van der Waals surface area (Å²) in [7, 11) is 0. The number of hydrogen-bond donors (Lipinski definition) is 2. The number of rotatable bonds is 7. The lowest BCUT2D eigenvalue weighted by molar-refractivity contribution is -0.121. The van der Waals surface area contributed by atoms with Crippen LogP contribution in [0.1, 0.15) is 40.0 Å². The van der Waals surface area contributed by atoms with Gasteiger partial charge in [0.25, 0.3) is 0 Å². The fourth-order valence-electron chi connectivity index (χ4n) is 2.32. The van der Waals surface area contributed by atoms with Crippen molar-refractivity contribution in [2.75, 3.05) is 26.2 Å². The fourth-order valence-corrected chi connectivity index (χ4v) is 2.32. The second kappa shape index (κ2) is 8.51. The van der Waals surface area contributed by atoms with E-state index in [1.807, 2.05) is 20.8 Å². The maximum Gasteiger partial charge on any atom is 0.219 e. The number of aliphatic hydroxyl groups is 1. The van der Waals surface area contributed by atoms with Crippen LogP contribution in [-0.4, -0.2) is 60.4 Å². The van der Waals surface area contributed by atoms with Gasteiger partial charge in [0.15, 0.2) is 0 Å². The first-order valence-corrected chi connectivity index (χ1v) is 7.32.